The van der Waals surface area contributed by atoms with Gasteiger partial charge in [-0.05, 0) is 60.1 Å². The number of rotatable bonds is 8. The summed E-state index contributed by atoms with van der Waals surface area (Å²) in [4.78, 5) is 12.8. The summed E-state index contributed by atoms with van der Waals surface area (Å²) < 4.78 is 0. The minimum atomic E-state index is -0.258. The van der Waals surface area contributed by atoms with Crippen molar-refractivity contribution in [3.05, 3.63) is 158 Å². The van der Waals surface area contributed by atoms with Gasteiger partial charge in [0.15, 0.2) is 11.3 Å². The van der Waals surface area contributed by atoms with Crippen LogP contribution in [0.25, 0.3) is 10.4 Å². The number of hydrogen-bond acceptors (Lipinski definition) is 11. The summed E-state index contributed by atoms with van der Waals surface area (Å²) in [6.45, 7) is 3.53. The Balaban J connectivity index is 0.000000391. The third-order valence-corrected chi connectivity index (χ3v) is 9.52. The van der Waals surface area contributed by atoms with Crippen molar-refractivity contribution in [1.82, 2.24) is 0 Å². The van der Waals surface area contributed by atoms with Crippen LogP contribution in [0.3, 0.4) is 0 Å². The first-order valence-electron chi connectivity index (χ1n) is 16.4. The highest BCUT2D eigenvalue weighted by atomic mass is 35.5. The molecule has 0 unspecified atom stereocenters. The predicted molar refractivity (Wildman–Crippen MR) is 247 cm³/mol. The smallest absolute Gasteiger partial charge is 0.176 e. The third-order valence-electron chi connectivity index (χ3n) is 7.03. The van der Waals surface area contributed by atoms with Crippen LogP contribution in [-0.2, 0) is 9.68 Å². The summed E-state index contributed by atoms with van der Waals surface area (Å²) in [5.41, 5.74) is 12.4. The van der Waals surface area contributed by atoms with E-state index in [9.17, 15) is 0 Å². The molecule has 2 atom stereocenters. The Morgan fingerprint density at radius 2 is 1.18 bits per heavy atom. The molecule has 2 heterocycles. The van der Waals surface area contributed by atoms with Gasteiger partial charge in [-0.3, -0.25) is 0 Å². The first-order chi connectivity index (χ1) is 28.2. The summed E-state index contributed by atoms with van der Waals surface area (Å²) in [7, 11) is 0. The fraction of sp³-hybridized carbons (Fsp3) is 0.211. The van der Waals surface area contributed by atoms with Gasteiger partial charge in [-0.25, -0.2) is 0 Å². The van der Waals surface area contributed by atoms with Gasteiger partial charge >= 0.3 is 0 Å². The summed E-state index contributed by atoms with van der Waals surface area (Å²) in [5, 5.41) is 54.2. The topological polar surface area (TPSA) is 198 Å². The molecule has 0 spiro atoms. The Morgan fingerprint density at radius 1 is 0.733 bits per heavy atom. The van der Waals surface area contributed by atoms with Crippen molar-refractivity contribution in [3.8, 4) is 0 Å². The van der Waals surface area contributed by atoms with Gasteiger partial charge < -0.3 is 30.3 Å². The molecule has 2 aliphatic heterocycles. The van der Waals surface area contributed by atoms with Crippen LogP contribution in [0.2, 0.25) is 40.2 Å². The van der Waals surface area contributed by atoms with Gasteiger partial charge in [0.2, 0.25) is 0 Å². The van der Waals surface area contributed by atoms with E-state index in [1.165, 1.54) is 18.4 Å². The van der Waals surface area contributed by atoms with Gasteiger partial charge in [0, 0.05) is 60.1 Å². The molecule has 0 bridgehead atoms. The largest absolute Gasteiger partial charge is 0.411 e. The van der Waals surface area contributed by atoms with Crippen molar-refractivity contribution in [2.45, 2.75) is 32.5 Å². The molecule has 0 saturated heterocycles. The highest BCUT2D eigenvalue weighted by Gasteiger charge is 2.24. The zero-order valence-electron chi connectivity index (χ0n) is 30.1. The number of hydrogen-bond donors (Lipinski definition) is 4. The molecule has 0 aliphatic carbocycles. The summed E-state index contributed by atoms with van der Waals surface area (Å²) >= 11 is 51.9. The van der Waals surface area contributed by atoms with Gasteiger partial charge in [0.05, 0.1) is 57.5 Å². The molecule has 4 aromatic carbocycles. The van der Waals surface area contributed by atoms with Crippen LogP contribution >= 0.6 is 104 Å². The van der Waals surface area contributed by atoms with Crippen molar-refractivity contribution in [2.24, 2.45) is 25.7 Å². The van der Waals surface area contributed by atoms with Crippen LogP contribution < -0.4 is 0 Å². The molecular formula is C38H36Cl9N7O6. The van der Waals surface area contributed by atoms with E-state index in [1.807, 2.05) is 0 Å². The van der Waals surface area contributed by atoms with E-state index in [4.69, 9.17) is 140 Å². The second-order valence-electron chi connectivity index (χ2n) is 11.2. The molecule has 0 aromatic heterocycles. The predicted octanol–water partition coefficient (Wildman–Crippen LogP) is 13.2. The SMILES string of the molecule is C.C=CCO.O/N=C(\Cl)c1ccc(Cl)cc1Cl.O/N=C/c1ccc(Cl)cc1Cl.OC[C@H]1CC(c2ccc(Cl)cc2Cl)=NO1.[N-]=[N+]=NC[C@H]1CC(c2ccc(Cl)cc2Cl)=NO1. The zero-order chi connectivity index (χ0) is 43.9. The standard InChI is InChI=1S/C10H8Cl2N4O.C10H9Cl2NO2.C7H4Cl3NO.C7H5Cl2NO.C3H6O.CH4/c11-6-1-2-8(9(12)3-6)10-4-7(17-15-10)5-14-16-13;11-6-1-2-8(9(12)3-6)10-4-7(5-14)15-13-10;8-4-1-2-5(6(9)3-4)7(10)11-12;8-6-2-1-5(4-10-11)7(9)3-6;1-2-3-4;/h1-3,7H,4-5H2;1-3,7,14H,4-5H2;1-3,12H;1-4,11H;2,4H,1,3H2;1H4/b;;11-7-;10-4+;;/t2*7-;;;;/m11..../s1. The maximum Gasteiger partial charge on any atom is 0.176 e. The number of aliphatic hydroxyl groups is 2. The molecule has 322 valence electrons. The molecule has 0 radical (unpaired) electrons. The molecule has 4 aromatic rings. The van der Waals surface area contributed by atoms with Crippen LogP contribution in [0.1, 0.15) is 42.5 Å². The fourth-order valence-corrected chi connectivity index (χ4v) is 6.53. The highest BCUT2D eigenvalue weighted by molar-refractivity contribution is 6.70. The lowest BCUT2D eigenvalue weighted by atomic mass is 10.1. The van der Waals surface area contributed by atoms with Crippen molar-refractivity contribution < 1.29 is 30.3 Å². The average Bonchev–Trinajstić information content (AvgIpc) is 3.89. The van der Waals surface area contributed by atoms with E-state index in [-0.39, 0.29) is 44.6 Å². The Morgan fingerprint density at radius 3 is 1.58 bits per heavy atom. The molecule has 0 fully saturated rings. The Kier molecular flexibility index (Phi) is 26.8. The minimum Gasteiger partial charge on any atom is -0.411 e. The first-order valence-corrected chi connectivity index (χ1v) is 19.8. The average molecular weight is 1010 g/mol. The van der Waals surface area contributed by atoms with Crippen LogP contribution in [-0.4, -0.2) is 75.4 Å². The van der Waals surface area contributed by atoms with Crippen LogP contribution in [0.5, 0.6) is 0 Å². The fourth-order valence-electron chi connectivity index (χ4n) is 4.32. The monoisotopic (exact) mass is 1000 g/mol. The van der Waals surface area contributed by atoms with Gasteiger partial charge in [-0.1, -0.05) is 162 Å². The molecular weight excluding hydrogens is 970 g/mol. The molecule has 22 heteroatoms. The maximum atomic E-state index is 8.89. The number of nitrogens with zero attached hydrogens (tertiary/aromatic N) is 7. The Bertz CT molecular complexity index is 2190. The number of benzene rings is 4. The van der Waals surface area contributed by atoms with Crippen LogP contribution in [0, 0.1) is 0 Å². The number of aliphatic hydroxyl groups excluding tert-OH is 2. The Hall–Kier alpha value is -3.66. The normalized spacial score (nSPS) is 14.9. The van der Waals surface area contributed by atoms with E-state index < -0.39 is 0 Å². The van der Waals surface area contributed by atoms with Crippen molar-refractivity contribution >= 4 is 127 Å². The third kappa shape index (κ3) is 18.9. The van der Waals surface area contributed by atoms with E-state index >= 15 is 0 Å². The molecule has 13 nitrogen and oxygen atoms in total. The van der Waals surface area contributed by atoms with Gasteiger partial charge in [0.1, 0.15) is 6.10 Å². The van der Waals surface area contributed by atoms with Gasteiger partial charge in [0.25, 0.3) is 0 Å². The molecule has 6 rings (SSSR count). The van der Waals surface area contributed by atoms with Gasteiger partial charge in [-0.2, -0.15) is 0 Å². The van der Waals surface area contributed by atoms with E-state index in [0.717, 1.165) is 22.6 Å². The number of azide groups is 1. The quantitative estimate of drug-likeness (QED) is 0.0257. The van der Waals surface area contributed by atoms with Crippen molar-refractivity contribution in [2.75, 3.05) is 19.8 Å². The summed E-state index contributed by atoms with van der Waals surface area (Å²) in [5.74, 6) is 0. The van der Waals surface area contributed by atoms with Gasteiger partial charge in [-0.15, -0.1) is 6.58 Å². The summed E-state index contributed by atoms with van der Waals surface area (Å²) in [6.07, 6.45) is 3.34. The van der Waals surface area contributed by atoms with Crippen LogP contribution in [0.4, 0.5) is 0 Å². The van der Waals surface area contributed by atoms with Crippen molar-refractivity contribution in [3.63, 3.8) is 0 Å². The minimum absolute atomic E-state index is 0. The molecule has 4 N–H and O–H groups in total. The zero-order valence-corrected chi connectivity index (χ0v) is 36.9. The maximum absolute atomic E-state index is 8.89. The lowest BCUT2D eigenvalue weighted by Crippen LogP contribution is -2.12. The second kappa shape index (κ2) is 29.6. The highest BCUT2D eigenvalue weighted by Crippen LogP contribution is 2.28. The second-order valence-corrected chi connectivity index (χ2v) is 14.9. The number of halogens is 9. The Labute approximate surface area is 391 Å². The van der Waals surface area contributed by atoms with E-state index in [2.05, 4.69) is 37.2 Å². The molecule has 60 heavy (non-hydrogen) atoms. The van der Waals surface area contributed by atoms with Crippen molar-refractivity contribution in [1.29, 1.82) is 0 Å². The summed E-state index contributed by atoms with van der Waals surface area (Å²) in [6, 6.07) is 20.0. The van der Waals surface area contributed by atoms with E-state index in [0.29, 0.717) is 64.1 Å². The lowest BCUT2D eigenvalue weighted by molar-refractivity contribution is 0.0390. The molecule has 0 amide bonds. The van der Waals surface area contributed by atoms with E-state index in [1.54, 1.807) is 66.7 Å². The first kappa shape index (κ1) is 54.4. The molecule has 0 saturated carbocycles. The number of oxime groups is 4. The molecule has 2 aliphatic rings. The van der Waals surface area contributed by atoms with Crippen LogP contribution in [0.15, 0.2) is 111 Å². The lowest BCUT2D eigenvalue weighted by Gasteiger charge is -2.04.